The van der Waals surface area contributed by atoms with Gasteiger partial charge in [0.2, 0.25) is 0 Å². The lowest BCUT2D eigenvalue weighted by Gasteiger charge is -2.31. The molecule has 2 aromatic rings. The zero-order valence-corrected chi connectivity index (χ0v) is 16.9. The highest BCUT2D eigenvalue weighted by atomic mass is 32.1. The number of urea groups is 1. The number of rotatable bonds is 7. The predicted molar refractivity (Wildman–Crippen MR) is 111 cm³/mol. The van der Waals surface area contributed by atoms with E-state index >= 15 is 0 Å². The molecule has 1 aliphatic heterocycles. The van der Waals surface area contributed by atoms with Crippen LogP contribution in [-0.2, 0) is 13.0 Å². The summed E-state index contributed by atoms with van der Waals surface area (Å²) >= 11 is 1.87. The van der Waals surface area contributed by atoms with Crippen molar-refractivity contribution in [1.82, 2.24) is 15.1 Å². The third kappa shape index (κ3) is 4.71. The maximum Gasteiger partial charge on any atom is 0.317 e. The van der Waals surface area contributed by atoms with Gasteiger partial charge in [-0.15, -0.1) is 11.3 Å². The van der Waals surface area contributed by atoms with Gasteiger partial charge in [0.15, 0.2) is 0 Å². The van der Waals surface area contributed by atoms with E-state index in [4.69, 9.17) is 0 Å². The van der Waals surface area contributed by atoms with Gasteiger partial charge in [0, 0.05) is 37.6 Å². The molecule has 1 fully saturated rings. The van der Waals surface area contributed by atoms with E-state index in [1.165, 1.54) is 28.8 Å². The second kappa shape index (κ2) is 8.44. The molecule has 2 heterocycles. The molecule has 1 unspecified atom stereocenters. The molecule has 0 saturated heterocycles. The molecule has 1 saturated carbocycles. The topological polar surface area (TPSA) is 35.6 Å². The lowest BCUT2D eigenvalue weighted by atomic mass is 10.1. The van der Waals surface area contributed by atoms with Gasteiger partial charge in [-0.1, -0.05) is 30.3 Å². The Morgan fingerprint density at radius 1 is 1.30 bits per heavy atom. The quantitative estimate of drug-likeness (QED) is 0.774. The molecule has 0 radical (unpaired) electrons. The van der Waals surface area contributed by atoms with Crippen molar-refractivity contribution < 1.29 is 4.79 Å². The van der Waals surface area contributed by atoms with Crippen molar-refractivity contribution in [3.8, 4) is 0 Å². The maximum absolute atomic E-state index is 12.9. The largest absolute Gasteiger partial charge is 0.337 e. The SMILES string of the molecule is CC(c1ccccc1)N(CC1CC1)C(=O)NCCN1CCc2sccc2C1. The zero-order chi connectivity index (χ0) is 18.6. The van der Waals surface area contributed by atoms with Crippen molar-refractivity contribution in [2.75, 3.05) is 26.2 Å². The van der Waals surface area contributed by atoms with Gasteiger partial charge in [-0.05, 0) is 54.7 Å². The van der Waals surface area contributed by atoms with E-state index in [9.17, 15) is 4.79 Å². The molecule has 4 rings (SSSR count). The summed E-state index contributed by atoms with van der Waals surface area (Å²) in [4.78, 5) is 18.9. The minimum Gasteiger partial charge on any atom is -0.337 e. The summed E-state index contributed by atoms with van der Waals surface area (Å²) in [5.74, 6) is 0.681. The van der Waals surface area contributed by atoms with Crippen molar-refractivity contribution >= 4 is 17.4 Å². The van der Waals surface area contributed by atoms with Crippen LogP contribution in [0.3, 0.4) is 0 Å². The van der Waals surface area contributed by atoms with Crippen molar-refractivity contribution in [1.29, 1.82) is 0 Å². The molecule has 2 amide bonds. The van der Waals surface area contributed by atoms with E-state index in [2.05, 4.69) is 40.7 Å². The summed E-state index contributed by atoms with van der Waals surface area (Å²) in [7, 11) is 0. The predicted octanol–water partition coefficient (Wildman–Crippen LogP) is 4.29. The Labute approximate surface area is 166 Å². The van der Waals surface area contributed by atoms with Crippen LogP contribution in [0.1, 0.15) is 41.8 Å². The molecular formula is C22H29N3OS. The Balaban J connectivity index is 1.30. The van der Waals surface area contributed by atoms with Crippen LogP contribution in [0.4, 0.5) is 4.79 Å². The average molecular weight is 384 g/mol. The van der Waals surface area contributed by atoms with E-state index in [-0.39, 0.29) is 12.1 Å². The van der Waals surface area contributed by atoms with Crippen LogP contribution in [0.25, 0.3) is 0 Å². The average Bonchev–Trinajstić information content (AvgIpc) is 3.40. The van der Waals surface area contributed by atoms with Crippen LogP contribution in [0.5, 0.6) is 0 Å². The van der Waals surface area contributed by atoms with Crippen molar-refractivity contribution in [3.05, 3.63) is 57.8 Å². The number of carbonyl (C=O) groups excluding carboxylic acids is 1. The summed E-state index contributed by atoms with van der Waals surface area (Å²) in [5, 5.41) is 5.37. The summed E-state index contributed by atoms with van der Waals surface area (Å²) in [6.45, 7) is 6.74. The number of amides is 2. The number of benzene rings is 1. The van der Waals surface area contributed by atoms with Gasteiger partial charge in [0.1, 0.15) is 0 Å². The third-order valence-electron chi connectivity index (χ3n) is 5.75. The molecule has 144 valence electrons. The fourth-order valence-electron chi connectivity index (χ4n) is 3.83. The molecule has 1 aromatic carbocycles. The van der Waals surface area contributed by atoms with E-state index < -0.39 is 0 Å². The Morgan fingerprint density at radius 3 is 2.89 bits per heavy atom. The number of hydrogen-bond donors (Lipinski definition) is 1. The Bertz CT molecular complexity index is 756. The first kappa shape index (κ1) is 18.5. The lowest BCUT2D eigenvalue weighted by Crippen LogP contribution is -2.45. The smallest absolute Gasteiger partial charge is 0.317 e. The van der Waals surface area contributed by atoms with Crippen molar-refractivity contribution in [2.24, 2.45) is 5.92 Å². The minimum atomic E-state index is 0.0754. The highest BCUT2D eigenvalue weighted by Gasteiger charge is 2.30. The fourth-order valence-corrected chi connectivity index (χ4v) is 4.72. The standard InChI is InChI=1S/C22H29N3OS/c1-17(19-5-3-2-4-6-19)25(15-18-7-8-18)22(26)23-11-13-24-12-9-21-20(16-24)10-14-27-21/h2-6,10,14,17-18H,7-9,11-13,15-16H2,1H3,(H,23,26). The first-order valence-electron chi connectivity index (χ1n) is 10.1. The second-order valence-corrected chi connectivity index (χ2v) is 8.81. The van der Waals surface area contributed by atoms with E-state index in [1.807, 2.05) is 34.4 Å². The van der Waals surface area contributed by atoms with Crippen molar-refractivity contribution in [2.45, 2.75) is 38.8 Å². The van der Waals surface area contributed by atoms with Crippen molar-refractivity contribution in [3.63, 3.8) is 0 Å². The monoisotopic (exact) mass is 383 g/mol. The molecule has 27 heavy (non-hydrogen) atoms. The maximum atomic E-state index is 12.9. The van der Waals surface area contributed by atoms with Gasteiger partial charge in [0.05, 0.1) is 6.04 Å². The van der Waals surface area contributed by atoms with Crippen LogP contribution in [0.2, 0.25) is 0 Å². The van der Waals surface area contributed by atoms with Gasteiger partial charge in [-0.3, -0.25) is 4.90 Å². The first-order chi connectivity index (χ1) is 13.2. The molecule has 1 atom stereocenters. The molecule has 0 bridgehead atoms. The molecule has 0 spiro atoms. The highest BCUT2D eigenvalue weighted by molar-refractivity contribution is 7.10. The van der Waals surface area contributed by atoms with Crippen LogP contribution >= 0.6 is 11.3 Å². The van der Waals surface area contributed by atoms with Gasteiger partial charge in [0.25, 0.3) is 0 Å². The molecule has 5 heteroatoms. The number of hydrogen-bond acceptors (Lipinski definition) is 3. The zero-order valence-electron chi connectivity index (χ0n) is 16.1. The Hall–Kier alpha value is -1.85. The molecule has 2 aliphatic rings. The van der Waals surface area contributed by atoms with Gasteiger partial charge in [-0.25, -0.2) is 4.79 Å². The number of nitrogens with one attached hydrogen (secondary N) is 1. The molecular weight excluding hydrogens is 354 g/mol. The first-order valence-corrected chi connectivity index (χ1v) is 11.0. The summed E-state index contributed by atoms with van der Waals surface area (Å²) in [6, 6.07) is 12.8. The van der Waals surface area contributed by atoms with Crippen LogP contribution in [0, 0.1) is 5.92 Å². The van der Waals surface area contributed by atoms with Crippen LogP contribution in [-0.4, -0.2) is 42.0 Å². The Kier molecular flexibility index (Phi) is 5.79. The minimum absolute atomic E-state index is 0.0754. The summed E-state index contributed by atoms with van der Waals surface area (Å²) in [6.07, 6.45) is 3.64. The molecule has 1 N–H and O–H groups in total. The Morgan fingerprint density at radius 2 is 2.11 bits per heavy atom. The van der Waals surface area contributed by atoms with E-state index in [1.54, 1.807) is 0 Å². The molecule has 4 nitrogen and oxygen atoms in total. The van der Waals surface area contributed by atoms with Crippen LogP contribution in [0.15, 0.2) is 41.8 Å². The third-order valence-corrected chi connectivity index (χ3v) is 6.78. The fraction of sp³-hybridized carbons (Fsp3) is 0.500. The highest BCUT2D eigenvalue weighted by Crippen LogP contribution is 2.32. The summed E-state index contributed by atoms with van der Waals surface area (Å²) in [5.41, 5.74) is 2.67. The number of fused-ring (bicyclic) bond motifs is 1. The second-order valence-electron chi connectivity index (χ2n) is 7.81. The molecule has 1 aliphatic carbocycles. The van der Waals surface area contributed by atoms with Gasteiger partial charge < -0.3 is 10.2 Å². The lowest BCUT2D eigenvalue weighted by molar-refractivity contribution is 0.172. The number of carbonyl (C=O) groups is 1. The van der Waals surface area contributed by atoms with Gasteiger partial charge in [-0.2, -0.15) is 0 Å². The van der Waals surface area contributed by atoms with Crippen LogP contribution < -0.4 is 5.32 Å². The number of thiophene rings is 1. The molecule has 1 aromatic heterocycles. The van der Waals surface area contributed by atoms with E-state index in [0.29, 0.717) is 12.5 Å². The summed E-state index contributed by atoms with van der Waals surface area (Å²) < 4.78 is 0. The normalized spacial score (nSPS) is 18.0. The number of nitrogens with zero attached hydrogens (tertiary/aromatic N) is 2. The van der Waals surface area contributed by atoms with E-state index in [0.717, 1.165) is 32.6 Å². The van der Waals surface area contributed by atoms with Gasteiger partial charge >= 0.3 is 6.03 Å².